The Morgan fingerprint density at radius 3 is 2.36 bits per heavy atom. The van der Waals surface area contributed by atoms with Crippen LogP contribution in [0.15, 0.2) is 29.3 Å². The molecule has 6 heteroatoms. The molecule has 0 unspecified atom stereocenters. The number of rotatable bonds is 8. The third-order valence-electron chi connectivity index (χ3n) is 4.69. The SMILES string of the molecule is CN=C(NCCCC1CCCC1)NCc1ccc(CS(C)(=O)=O)cc1. The Kier molecular flexibility index (Phi) is 7.75. The molecule has 0 bridgehead atoms. The summed E-state index contributed by atoms with van der Waals surface area (Å²) in [6.45, 7) is 1.62. The van der Waals surface area contributed by atoms with Crippen molar-refractivity contribution in [1.29, 1.82) is 0 Å². The summed E-state index contributed by atoms with van der Waals surface area (Å²) in [4.78, 5) is 4.25. The second-order valence-corrected chi connectivity index (χ2v) is 9.17. The van der Waals surface area contributed by atoms with E-state index in [0.29, 0.717) is 6.54 Å². The fraction of sp³-hybridized carbons (Fsp3) is 0.632. The summed E-state index contributed by atoms with van der Waals surface area (Å²) in [6, 6.07) is 7.66. The Hall–Kier alpha value is -1.56. The molecule has 1 fully saturated rings. The van der Waals surface area contributed by atoms with Gasteiger partial charge in [-0.2, -0.15) is 0 Å². The van der Waals surface area contributed by atoms with Gasteiger partial charge in [0.2, 0.25) is 0 Å². The van der Waals surface area contributed by atoms with Crippen LogP contribution in [0.1, 0.15) is 49.7 Å². The first-order valence-corrected chi connectivity index (χ1v) is 11.2. The van der Waals surface area contributed by atoms with E-state index < -0.39 is 9.84 Å². The zero-order valence-corrected chi connectivity index (χ0v) is 16.2. The van der Waals surface area contributed by atoms with Crippen LogP contribution < -0.4 is 10.6 Å². The third-order valence-corrected chi connectivity index (χ3v) is 5.55. The van der Waals surface area contributed by atoms with Crippen molar-refractivity contribution in [2.75, 3.05) is 19.8 Å². The highest BCUT2D eigenvalue weighted by molar-refractivity contribution is 7.89. The molecule has 0 spiro atoms. The van der Waals surface area contributed by atoms with Crippen molar-refractivity contribution in [2.24, 2.45) is 10.9 Å². The van der Waals surface area contributed by atoms with Crippen molar-refractivity contribution < 1.29 is 8.42 Å². The van der Waals surface area contributed by atoms with Gasteiger partial charge < -0.3 is 10.6 Å². The molecule has 1 aliphatic rings. The molecule has 0 heterocycles. The molecule has 2 rings (SSSR count). The molecule has 1 aliphatic carbocycles. The van der Waals surface area contributed by atoms with Crippen molar-refractivity contribution in [3.8, 4) is 0 Å². The fourth-order valence-electron chi connectivity index (χ4n) is 3.36. The van der Waals surface area contributed by atoms with Crippen LogP contribution in [-0.4, -0.2) is 34.2 Å². The summed E-state index contributed by atoms with van der Waals surface area (Å²) >= 11 is 0. The highest BCUT2D eigenvalue weighted by atomic mass is 32.2. The minimum atomic E-state index is -2.98. The molecule has 140 valence electrons. The summed E-state index contributed by atoms with van der Waals surface area (Å²) in [5.74, 6) is 1.83. The topological polar surface area (TPSA) is 70.6 Å². The Morgan fingerprint density at radius 1 is 1.12 bits per heavy atom. The van der Waals surface area contributed by atoms with Gasteiger partial charge in [-0.1, -0.05) is 49.9 Å². The van der Waals surface area contributed by atoms with Gasteiger partial charge in [0.05, 0.1) is 5.75 Å². The smallest absolute Gasteiger partial charge is 0.191 e. The number of nitrogens with one attached hydrogen (secondary N) is 2. The lowest BCUT2D eigenvalue weighted by molar-refractivity contribution is 0.481. The number of sulfone groups is 1. The second kappa shape index (κ2) is 9.80. The average molecular weight is 366 g/mol. The van der Waals surface area contributed by atoms with Crippen molar-refractivity contribution in [3.05, 3.63) is 35.4 Å². The van der Waals surface area contributed by atoms with E-state index >= 15 is 0 Å². The van der Waals surface area contributed by atoms with Crippen LogP contribution in [0.25, 0.3) is 0 Å². The van der Waals surface area contributed by atoms with E-state index in [1.54, 1.807) is 7.05 Å². The van der Waals surface area contributed by atoms with Gasteiger partial charge >= 0.3 is 0 Å². The molecule has 1 aromatic carbocycles. The van der Waals surface area contributed by atoms with Crippen molar-refractivity contribution in [3.63, 3.8) is 0 Å². The maximum Gasteiger partial charge on any atom is 0.191 e. The van der Waals surface area contributed by atoms with Gasteiger partial charge in [0.25, 0.3) is 0 Å². The molecule has 25 heavy (non-hydrogen) atoms. The molecule has 1 saturated carbocycles. The lowest BCUT2D eigenvalue weighted by Gasteiger charge is -2.13. The molecular formula is C19H31N3O2S. The molecule has 1 aromatic rings. The monoisotopic (exact) mass is 365 g/mol. The van der Waals surface area contributed by atoms with Crippen LogP contribution in [0, 0.1) is 5.92 Å². The van der Waals surface area contributed by atoms with E-state index in [1.807, 2.05) is 24.3 Å². The van der Waals surface area contributed by atoms with Crippen LogP contribution >= 0.6 is 0 Å². The number of guanidine groups is 1. The molecule has 0 aromatic heterocycles. The van der Waals surface area contributed by atoms with Gasteiger partial charge in [-0.25, -0.2) is 8.42 Å². The lowest BCUT2D eigenvalue weighted by Crippen LogP contribution is -2.37. The lowest BCUT2D eigenvalue weighted by atomic mass is 10.0. The third kappa shape index (κ3) is 7.90. The maximum absolute atomic E-state index is 11.3. The Labute approximate surface area is 152 Å². The molecule has 0 atom stereocenters. The number of benzene rings is 1. The quantitative estimate of drug-likeness (QED) is 0.422. The van der Waals surface area contributed by atoms with E-state index in [4.69, 9.17) is 0 Å². The number of aliphatic imine (C=N–C) groups is 1. The van der Waals surface area contributed by atoms with Crippen LogP contribution in [0.4, 0.5) is 0 Å². The zero-order valence-electron chi connectivity index (χ0n) is 15.4. The van der Waals surface area contributed by atoms with E-state index in [1.165, 1.54) is 44.8 Å². The van der Waals surface area contributed by atoms with E-state index in [9.17, 15) is 8.42 Å². The number of hydrogen-bond acceptors (Lipinski definition) is 3. The summed E-state index contributed by atoms with van der Waals surface area (Å²) in [7, 11) is -1.20. The van der Waals surface area contributed by atoms with Gasteiger partial charge in [-0.15, -0.1) is 0 Å². The molecule has 0 saturated heterocycles. The number of hydrogen-bond donors (Lipinski definition) is 2. The first-order valence-electron chi connectivity index (χ1n) is 9.16. The van der Waals surface area contributed by atoms with Crippen LogP contribution in [0.2, 0.25) is 0 Å². The van der Waals surface area contributed by atoms with E-state index in [0.717, 1.165) is 29.5 Å². The van der Waals surface area contributed by atoms with Crippen LogP contribution in [0.5, 0.6) is 0 Å². The summed E-state index contributed by atoms with van der Waals surface area (Å²) in [6.07, 6.45) is 9.38. The normalized spacial score (nSPS) is 16.2. The molecule has 0 aliphatic heterocycles. The number of nitrogens with zero attached hydrogens (tertiary/aromatic N) is 1. The van der Waals surface area contributed by atoms with Gasteiger partial charge in [0, 0.05) is 26.4 Å². The van der Waals surface area contributed by atoms with Gasteiger partial charge in [0.1, 0.15) is 0 Å². The van der Waals surface area contributed by atoms with Gasteiger partial charge in [0.15, 0.2) is 15.8 Å². The Morgan fingerprint density at radius 2 is 1.76 bits per heavy atom. The van der Waals surface area contributed by atoms with Crippen LogP contribution in [-0.2, 0) is 22.1 Å². The summed E-state index contributed by atoms with van der Waals surface area (Å²) in [5, 5.41) is 6.67. The Balaban J connectivity index is 1.69. The summed E-state index contributed by atoms with van der Waals surface area (Å²) in [5.41, 5.74) is 1.92. The van der Waals surface area contributed by atoms with Crippen molar-refractivity contribution in [2.45, 2.75) is 50.8 Å². The highest BCUT2D eigenvalue weighted by Gasteiger charge is 2.14. The molecular weight excluding hydrogens is 334 g/mol. The van der Waals surface area contributed by atoms with Crippen molar-refractivity contribution >= 4 is 15.8 Å². The zero-order chi connectivity index (χ0) is 18.1. The first-order chi connectivity index (χ1) is 12.0. The molecule has 0 radical (unpaired) electrons. The molecule has 0 amide bonds. The minimum Gasteiger partial charge on any atom is -0.356 e. The Bertz CT molecular complexity index is 648. The fourth-order valence-corrected chi connectivity index (χ4v) is 4.16. The van der Waals surface area contributed by atoms with Crippen molar-refractivity contribution in [1.82, 2.24) is 10.6 Å². The molecule has 2 N–H and O–H groups in total. The largest absolute Gasteiger partial charge is 0.356 e. The predicted molar refractivity (Wildman–Crippen MR) is 104 cm³/mol. The van der Waals surface area contributed by atoms with Gasteiger partial charge in [-0.05, 0) is 29.9 Å². The standard InChI is InChI=1S/C19H31N3O2S/c1-20-19(21-13-5-8-16-6-3-4-7-16)22-14-17-9-11-18(12-10-17)15-25(2,23)24/h9-12,16H,3-8,13-15H2,1-2H3,(H2,20,21,22). The average Bonchev–Trinajstić information content (AvgIpc) is 3.07. The summed E-state index contributed by atoms with van der Waals surface area (Å²) < 4.78 is 22.6. The highest BCUT2D eigenvalue weighted by Crippen LogP contribution is 2.28. The first kappa shape index (κ1) is 19.8. The molecule has 5 nitrogen and oxygen atoms in total. The van der Waals surface area contributed by atoms with Crippen LogP contribution in [0.3, 0.4) is 0 Å². The maximum atomic E-state index is 11.3. The second-order valence-electron chi connectivity index (χ2n) is 7.03. The van der Waals surface area contributed by atoms with E-state index in [-0.39, 0.29) is 5.75 Å². The van der Waals surface area contributed by atoms with Gasteiger partial charge in [-0.3, -0.25) is 4.99 Å². The minimum absolute atomic E-state index is 0.0882. The van der Waals surface area contributed by atoms with E-state index in [2.05, 4.69) is 15.6 Å². The predicted octanol–water partition coefficient (Wildman–Crippen LogP) is 2.87.